The first kappa shape index (κ1) is 12.2. The Kier molecular flexibility index (Phi) is 2.78. The fourth-order valence-corrected chi connectivity index (χ4v) is 3.06. The number of rotatable bonds is 2. The largest absolute Gasteiger partial charge is 0.497 e. The molecule has 0 saturated heterocycles. The summed E-state index contributed by atoms with van der Waals surface area (Å²) in [6.07, 6.45) is 2.07. The standard InChI is InChI=1S/C18H16N2O/c1-21-14-9-7-12-8-10-15-17(13-5-3-2-4-6-13)19-20-18(15)16(12)11-14/h2-7,9,11H,8,10H2,1H3,(H,19,20). The van der Waals surface area contributed by atoms with Crippen LogP contribution in [0.5, 0.6) is 5.75 Å². The third-order valence-corrected chi connectivity index (χ3v) is 4.15. The van der Waals surface area contributed by atoms with Gasteiger partial charge in [0, 0.05) is 11.1 Å². The summed E-state index contributed by atoms with van der Waals surface area (Å²) in [6.45, 7) is 0. The molecule has 2 aromatic carbocycles. The lowest BCUT2D eigenvalue weighted by Gasteiger charge is -2.17. The van der Waals surface area contributed by atoms with Gasteiger partial charge in [0.15, 0.2) is 0 Å². The van der Waals surface area contributed by atoms with E-state index in [4.69, 9.17) is 4.74 Å². The van der Waals surface area contributed by atoms with Crippen molar-refractivity contribution in [2.24, 2.45) is 0 Å². The third-order valence-electron chi connectivity index (χ3n) is 4.15. The first-order valence-corrected chi connectivity index (χ1v) is 7.17. The van der Waals surface area contributed by atoms with E-state index in [1.54, 1.807) is 7.11 Å². The number of ether oxygens (including phenoxy) is 1. The Labute approximate surface area is 123 Å². The molecule has 3 nitrogen and oxygen atoms in total. The van der Waals surface area contributed by atoms with Crippen LogP contribution in [0.4, 0.5) is 0 Å². The van der Waals surface area contributed by atoms with Gasteiger partial charge in [-0.1, -0.05) is 36.4 Å². The first-order chi connectivity index (χ1) is 10.4. The van der Waals surface area contributed by atoms with Crippen LogP contribution in [0.25, 0.3) is 22.5 Å². The van der Waals surface area contributed by atoms with Crippen molar-refractivity contribution in [3.05, 3.63) is 59.7 Å². The van der Waals surface area contributed by atoms with Gasteiger partial charge in [0.25, 0.3) is 0 Å². The molecule has 21 heavy (non-hydrogen) atoms. The molecule has 0 spiro atoms. The molecular weight excluding hydrogens is 260 g/mol. The second kappa shape index (κ2) is 4.77. The molecule has 1 aromatic heterocycles. The molecule has 0 fully saturated rings. The Morgan fingerprint density at radius 2 is 1.90 bits per heavy atom. The number of methoxy groups -OCH3 is 1. The van der Waals surface area contributed by atoms with Crippen LogP contribution in [0.3, 0.4) is 0 Å². The number of nitrogens with zero attached hydrogens (tertiary/aromatic N) is 1. The fourth-order valence-electron chi connectivity index (χ4n) is 3.06. The highest BCUT2D eigenvalue weighted by molar-refractivity contribution is 5.78. The third kappa shape index (κ3) is 1.93. The predicted molar refractivity (Wildman–Crippen MR) is 83.4 cm³/mol. The van der Waals surface area contributed by atoms with E-state index in [9.17, 15) is 0 Å². The second-order valence-corrected chi connectivity index (χ2v) is 5.31. The van der Waals surface area contributed by atoms with Crippen LogP contribution in [0, 0.1) is 0 Å². The number of aromatic nitrogens is 2. The first-order valence-electron chi connectivity index (χ1n) is 7.17. The highest BCUT2D eigenvalue weighted by atomic mass is 16.5. The summed E-state index contributed by atoms with van der Waals surface area (Å²) in [4.78, 5) is 0. The molecule has 0 bridgehead atoms. The molecule has 0 radical (unpaired) electrons. The number of nitrogens with one attached hydrogen (secondary N) is 1. The van der Waals surface area contributed by atoms with Crippen LogP contribution in [-0.4, -0.2) is 17.3 Å². The SMILES string of the molecule is COc1ccc2c(c1)-c1n[nH]c(-c3ccccc3)c1CC2. The van der Waals surface area contributed by atoms with E-state index in [-0.39, 0.29) is 0 Å². The summed E-state index contributed by atoms with van der Waals surface area (Å²) in [6, 6.07) is 16.6. The van der Waals surface area contributed by atoms with E-state index in [0.717, 1.165) is 30.0 Å². The van der Waals surface area contributed by atoms with Gasteiger partial charge in [-0.25, -0.2) is 0 Å². The lowest BCUT2D eigenvalue weighted by molar-refractivity contribution is 0.415. The Hall–Kier alpha value is -2.55. The van der Waals surface area contributed by atoms with Crippen LogP contribution in [-0.2, 0) is 12.8 Å². The molecule has 0 atom stereocenters. The van der Waals surface area contributed by atoms with Crippen LogP contribution in [0.15, 0.2) is 48.5 Å². The van der Waals surface area contributed by atoms with Gasteiger partial charge in [-0.3, -0.25) is 5.10 Å². The van der Waals surface area contributed by atoms with Gasteiger partial charge in [0.1, 0.15) is 5.75 Å². The zero-order valence-corrected chi connectivity index (χ0v) is 11.9. The summed E-state index contributed by atoms with van der Waals surface area (Å²) in [5.41, 5.74) is 7.23. The molecule has 1 aliphatic rings. The molecule has 3 heteroatoms. The molecule has 1 N–H and O–H groups in total. The summed E-state index contributed by atoms with van der Waals surface area (Å²) in [5.74, 6) is 0.880. The van der Waals surface area contributed by atoms with Crippen LogP contribution >= 0.6 is 0 Å². The number of aryl methyl sites for hydroxylation is 1. The van der Waals surface area contributed by atoms with Gasteiger partial charge in [-0.05, 0) is 36.1 Å². The van der Waals surface area contributed by atoms with E-state index >= 15 is 0 Å². The lowest BCUT2D eigenvalue weighted by Crippen LogP contribution is -2.03. The van der Waals surface area contributed by atoms with Gasteiger partial charge in [0.2, 0.25) is 0 Å². The Morgan fingerprint density at radius 3 is 2.71 bits per heavy atom. The van der Waals surface area contributed by atoms with Crippen molar-refractivity contribution in [1.29, 1.82) is 0 Å². The quantitative estimate of drug-likeness (QED) is 0.772. The molecule has 1 heterocycles. The maximum absolute atomic E-state index is 5.35. The van der Waals surface area contributed by atoms with Gasteiger partial charge >= 0.3 is 0 Å². The molecule has 3 aromatic rings. The van der Waals surface area contributed by atoms with Gasteiger partial charge in [0.05, 0.1) is 18.5 Å². The topological polar surface area (TPSA) is 37.9 Å². The van der Waals surface area contributed by atoms with E-state index in [1.165, 1.54) is 22.3 Å². The van der Waals surface area contributed by atoms with Gasteiger partial charge < -0.3 is 4.74 Å². The Bertz CT molecular complexity index is 790. The highest BCUT2D eigenvalue weighted by Crippen LogP contribution is 2.38. The summed E-state index contributed by atoms with van der Waals surface area (Å²) >= 11 is 0. The van der Waals surface area contributed by atoms with Gasteiger partial charge in [-0.15, -0.1) is 0 Å². The van der Waals surface area contributed by atoms with Crippen molar-refractivity contribution in [2.75, 3.05) is 7.11 Å². The van der Waals surface area contributed by atoms with Crippen molar-refractivity contribution in [2.45, 2.75) is 12.8 Å². The zero-order valence-electron chi connectivity index (χ0n) is 11.9. The van der Waals surface area contributed by atoms with E-state index < -0.39 is 0 Å². The maximum atomic E-state index is 5.35. The lowest BCUT2D eigenvalue weighted by atomic mass is 9.88. The molecule has 0 aliphatic heterocycles. The molecule has 0 amide bonds. The Morgan fingerprint density at radius 1 is 1.05 bits per heavy atom. The van der Waals surface area contributed by atoms with Crippen molar-refractivity contribution < 1.29 is 4.74 Å². The number of hydrogen-bond acceptors (Lipinski definition) is 2. The number of benzene rings is 2. The minimum Gasteiger partial charge on any atom is -0.497 e. The van der Waals surface area contributed by atoms with Gasteiger partial charge in [-0.2, -0.15) is 5.10 Å². The predicted octanol–water partition coefficient (Wildman–Crippen LogP) is 3.85. The molecular formula is C18H16N2O. The molecule has 104 valence electrons. The number of H-pyrrole nitrogens is 1. The zero-order chi connectivity index (χ0) is 14.2. The smallest absolute Gasteiger partial charge is 0.119 e. The summed E-state index contributed by atoms with van der Waals surface area (Å²) in [7, 11) is 1.70. The molecule has 1 aliphatic carbocycles. The average molecular weight is 276 g/mol. The van der Waals surface area contributed by atoms with E-state index in [2.05, 4.69) is 46.6 Å². The van der Waals surface area contributed by atoms with E-state index in [1.807, 2.05) is 12.1 Å². The number of aromatic amines is 1. The van der Waals surface area contributed by atoms with Crippen LogP contribution < -0.4 is 4.74 Å². The molecule has 0 unspecified atom stereocenters. The minimum absolute atomic E-state index is 0.880. The monoisotopic (exact) mass is 276 g/mol. The fraction of sp³-hybridized carbons (Fsp3) is 0.167. The van der Waals surface area contributed by atoms with Crippen molar-refractivity contribution in [3.8, 4) is 28.3 Å². The Balaban J connectivity index is 1.87. The van der Waals surface area contributed by atoms with Crippen LogP contribution in [0.1, 0.15) is 11.1 Å². The van der Waals surface area contributed by atoms with Crippen LogP contribution in [0.2, 0.25) is 0 Å². The molecule has 4 rings (SSSR count). The summed E-state index contributed by atoms with van der Waals surface area (Å²) in [5, 5.41) is 7.79. The minimum atomic E-state index is 0.880. The van der Waals surface area contributed by atoms with Crippen molar-refractivity contribution in [3.63, 3.8) is 0 Å². The van der Waals surface area contributed by atoms with Crippen molar-refractivity contribution >= 4 is 0 Å². The average Bonchev–Trinajstić information content (AvgIpc) is 2.99. The van der Waals surface area contributed by atoms with Crippen molar-refractivity contribution in [1.82, 2.24) is 10.2 Å². The second-order valence-electron chi connectivity index (χ2n) is 5.31. The molecule has 0 saturated carbocycles. The van der Waals surface area contributed by atoms with E-state index in [0.29, 0.717) is 0 Å². The summed E-state index contributed by atoms with van der Waals surface area (Å²) < 4.78 is 5.35. The number of hydrogen-bond donors (Lipinski definition) is 1. The number of fused-ring (bicyclic) bond motifs is 3. The highest BCUT2D eigenvalue weighted by Gasteiger charge is 2.23. The normalized spacial score (nSPS) is 12.6. The maximum Gasteiger partial charge on any atom is 0.119 e.